The number of benzene rings is 1. The van der Waals surface area contributed by atoms with Crippen LogP contribution in [0.15, 0.2) is 54.0 Å². The molecule has 7 nitrogen and oxygen atoms in total. The second kappa shape index (κ2) is 8.74. The maximum atomic E-state index is 14.5. The average molecular weight is 433 g/mol. The molecule has 4 rings (SSSR count). The molecule has 1 aliphatic rings. The van der Waals surface area contributed by atoms with E-state index in [9.17, 15) is 4.39 Å². The maximum Gasteiger partial charge on any atom is 0.192 e. The Labute approximate surface area is 185 Å². The number of aliphatic imine (C=N–C) groups is 1. The third-order valence-electron chi connectivity index (χ3n) is 5.32. The van der Waals surface area contributed by atoms with E-state index in [1.807, 2.05) is 0 Å². The van der Waals surface area contributed by atoms with Crippen LogP contribution in [0.25, 0.3) is 11.2 Å². The Balaban J connectivity index is 1.74. The van der Waals surface area contributed by atoms with Crippen LogP contribution in [0.2, 0.25) is 0 Å². The number of halogens is 1. The van der Waals surface area contributed by atoms with Crippen LogP contribution in [0.3, 0.4) is 0 Å². The van der Waals surface area contributed by atoms with Gasteiger partial charge < -0.3 is 9.47 Å². The van der Waals surface area contributed by atoms with Gasteiger partial charge in [0.05, 0.1) is 32.4 Å². The number of ether oxygens (including phenoxy) is 2. The lowest BCUT2D eigenvalue weighted by Gasteiger charge is -2.12. The predicted molar refractivity (Wildman–Crippen MR) is 122 cm³/mol. The maximum absolute atomic E-state index is 14.5. The van der Waals surface area contributed by atoms with Crippen molar-refractivity contribution in [3.05, 3.63) is 77.2 Å². The molecule has 1 aromatic carbocycles. The molecule has 1 fully saturated rings. The summed E-state index contributed by atoms with van der Waals surface area (Å²) in [5, 5.41) is 17.1. The zero-order chi connectivity index (χ0) is 22.8. The highest BCUT2D eigenvalue weighted by molar-refractivity contribution is 6.30. The zero-order valence-electron chi connectivity index (χ0n) is 18.1. The first-order valence-corrected chi connectivity index (χ1v) is 10.2. The number of rotatable bonds is 6. The van der Waals surface area contributed by atoms with Crippen molar-refractivity contribution in [2.45, 2.75) is 19.8 Å². The molecule has 0 radical (unpaired) electrons. The lowest BCUT2D eigenvalue weighted by molar-refractivity contribution is 0.340. The number of fused-ring (bicyclic) bond motifs is 1. The van der Waals surface area contributed by atoms with E-state index in [-0.39, 0.29) is 23.0 Å². The van der Waals surface area contributed by atoms with Gasteiger partial charge in [0.1, 0.15) is 17.2 Å². The highest BCUT2D eigenvalue weighted by Gasteiger charge is 2.29. The van der Waals surface area contributed by atoms with Gasteiger partial charge in [-0.2, -0.15) is 4.99 Å². The van der Waals surface area contributed by atoms with Gasteiger partial charge in [-0.15, -0.1) is 0 Å². The van der Waals surface area contributed by atoms with Crippen molar-refractivity contribution in [2.24, 2.45) is 10.9 Å². The molecule has 32 heavy (non-hydrogen) atoms. The topological polar surface area (TPSA) is 95.8 Å². The van der Waals surface area contributed by atoms with Crippen LogP contribution in [0.5, 0.6) is 0 Å². The van der Waals surface area contributed by atoms with Crippen LogP contribution in [0.4, 0.5) is 4.39 Å². The second-order valence-electron chi connectivity index (χ2n) is 7.69. The molecule has 1 aliphatic carbocycles. The summed E-state index contributed by atoms with van der Waals surface area (Å²) in [4.78, 5) is 8.70. The Hall–Kier alpha value is -3.81. The van der Waals surface area contributed by atoms with Gasteiger partial charge in [-0.05, 0) is 49.6 Å². The number of imidazole rings is 1. The molecule has 8 heteroatoms. The lowest BCUT2D eigenvalue weighted by Crippen LogP contribution is -2.10. The van der Waals surface area contributed by atoms with Crippen molar-refractivity contribution in [1.82, 2.24) is 9.38 Å². The SMILES string of the molecule is CO/C=C(\C(=N)c1ccc(C)cc1F)c1ccc2ncc(C(=N)/N=C(\OC)C3CC3)n2c1. The fraction of sp³-hybridized carbons (Fsp3) is 0.250. The highest BCUT2D eigenvalue weighted by atomic mass is 19.1. The van der Waals surface area contributed by atoms with Gasteiger partial charge in [0.25, 0.3) is 0 Å². The molecule has 2 N–H and O–H groups in total. The fourth-order valence-corrected chi connectivity index (χ4v) is 3.47. The van der Waals surface area contributed by atoms with E-state index in [1.54, 1.807) is 55.1 Å². The first-order chi connectivity index (χ1) is 15.4. The smallest absolute Gasteiger partial charge is 0.192 e. The van der Waals surface area contributed by atoms with Crippen molar-refractivity contribution in [1.29, 1.82) is 10.8 Å². The van der Waals surface area contributed by atoms with Crippen molar-refractivity contribution < 1.29 is 13.9 Å². The van der Waals surface area contributed by atoms with E-state index < -0.39 is 5.82 Å². The van der Waals surface area contributed by atoms with Gasteiger partial charge in [0.2, 0.25) is 0 Å². The quantitative estimate of drug-likeness (QED) is 0.337. The molecule has 0 amide bonds. The van der Waals surface area contributed by atoms with Gasteiger partial charge in [-0.1, -0.05) is 6.07 Å². The van der Waals surface area contributed by atoms with E-state index in [0.29, 0.717) is 28.4 Å². The molecular weight excluding hydrogens is 409 g/mol. The number of pyridine rings is 1. The predicted octanol–water partition coefficient (Wildman–Crippen LogP) is 4.62. The van der Waals surface area contributed by atoms with Crippen LogP contribution in [0, 0.1) is 29.5 Å². The van der Waals surface area contributed by atoms with Crippen molar-refractivity contribution in [2.75, 3.05) is 14.2 Å². The molecule has 0 bridgehead atoms. The molecule has 2 aromatic heterocycles. The number of nitrogens with zero attached hydrogens (tertiary/aromatic N) is 3. The number of hydrogen-bond donors (Lipinski definition) is 2. The molecule has 164 valence electrons. The van der Waals surface area contributed by atoms with Crippen LogP contribution in [-0.2, 0) is 9.47 Å². The number of amidine groups is 1. The summed E-state index contributed by atoms with van der Waals surface area (Å²) in [5.41, 5.74) is 3.09. The Kier molecular flexibility index (Phi) is 5.85. The monoisotopic (exact) mass is 433 g/mol. The van der Waals surface area contributed by atoms with Gasteiger partial charge in [-0.3, -0.25) is 15.2 Å². The lowest BCUT2D eigenvalue weighted by atomic mass is 9.97. The summed E-state index contributed by atoms with van der Waals surface area (Å²) < 4.78 is 26.8. The fourth-order valence-electron chi connectivity index (χ4n) is 3.47. The molecular formula is C24H24FN5O2. The van der Waals surface area contributed by atoms with Gasteiger partial charge in [-0.25, -0.2) is 9.37 Å². The number of aromatic nitrogens is 2. The summed E-state index contributed by atoms with van der Waals surface area (Å²) >= 11 is 0. The normalized spacial score (nSPS) is 14.5. The summed E-state index contributed by atoms with van der Waals surface area (Å²) in [7, 11) is 3.04. The minimum atomic E-state index is -0.468. The number of hydrogen-bond acceptors (Lipinski definition) is 5. The zero-order valence-corrected chi connectivity index (χ0v) is 18.1. The molecule has 0 spiro atoms. The van der Waals surface area contributed by atoms with Crippen molar-refractivity contribution in [3.63, 3.8) is 0 Å². The number of allylic oxidation sites excluding steroid dienone is 1. The summed E-state index contributed by atoms with van der Waals surface area (Å²) in [6, 6.07) is 8.32. The molecule has 1 saturated carbocycles. The van der Waals surface area contributed by atoms with E-state index >= 15 is 0 Å². The summed E-state index contributed by atoms with van der Waals surface area (Å²) in [5.74, 6) is 0.397. The Morgan fingerprint density at radius 2 is 2.00 bits per heavy atom. The van der Waals surface area contributed by atoms with Crippen molar-refractivity contribution >= 4 is 28.7 Å². The van der Waals surface area contributed by atoms with Crippen molar-refractivity contribution in [3.8, 4) is 0 Å². The number of nitrogens with one attached hydrogen (secondary N) is 2. The molecule has 2 heterocycles. The van der Waals surface area contributed by atoms with Crippen LogP contribution in [-0.4, -0.2) is 41.0 Å². The first-order valence-electron chi connectivity index (χ1n) is 10.2. The van der Waals surface area contributed by atoms with Gasteiger partial charge in [0, 0.05) is 28.8 Å². The molecule has 3 aromatic rings. The third-order valence-corrected chi connectivity index (χ3v) is 5.32. The van der Waals surface area contributed by atoms with E-state index in [0.717, 1.165) is 18.4 Å². The first kappa shape index (κ1) is 21.4. The second-order valence-corrected chi connectivity index (χ2v) is 7.69. The van der Waals surface area contributed by atoms with Crippen LogP contribution >= 0.6 is 0 Å². The minimum Gasteiger partial charge on any atom is -0.504 e. The van der Waals surface area contributed by atoms with Crippen LogP contribution < -0.4 is 0 Å². The highest BCUT2D eigenvalue weighted by Crippen LogP contribution is 2.31. The average Bonchev–Trinajstić information content (AvgIpc) is 3.53. The molecule has 0 aliphatic heterocycles. The molecule has 0 saturated heterocycles. The van der Waals surface area contributed by atoms with Gasteiger partial charge in [0.15, 0.2) is 11.7 Å². The van der Waals surface area contributed by atoms with Crippen LogP contribution in [0.1, 0.15) is 35.2 Å². The van der Waals surface area contributed by atoms with E-state index in [1.165, 1.54) is 19.4 Å². The Morgan fingerprint density at radius 1 is 1.22 bits per heavy atom. The van der Waals surface area contributed by atoms with E-state index in [4.69, 9.17) is 20.3 Å². The standard InChI is InChI=1S/C24H24FN5O2/c1-14-4-8-17(19(25)10-14)22(26)18(13-31-2)16-7-9-21-28-11-20(30(21)12-16)23(27)29-24(32-3)15-5-6-15/h4,7-13,15,26-27H,5-6H2,1-3H3/b18-13-,26-22?,27-23?,29-24-. The Morgan fingerprint density at radius 3 is 2.66 bits per heavy atom. The summed E-state index contributed by atoms with van der Waals surface area (Å²) in [6.07, 6.45) is 6.77. The Bertz CT molecular complexity index is 1270. The van der Waals surface area contributed by atoms with Gasteiger partial charge >= 0.3 is 0 Å². The largest absolute Gasteiger partial charge is 0.504 e. The third kappa shape index (κ3) is 4.16. The summed E-state index contributed by atoms with van der Waals surface area (Å²) in [6.45, 7) is 1.80. The number of methoxy groups -OCH3 is 2. The minimum absolute atomic E-state index is 0.00568. The molecule has 0 unspecified atom stereocenters. The van der Waals surface area contributed by atoms with E-state index in [2.05, 4.69) is 9.98 Å². The number of aryl methyl sites for hydroxylation is 1. The molecule has 0 atom stereocenters.